The fourth-order valence-electron chi connectivity index (χ4n) is 2.58. The normalized spacial score (nSPS) is 15.6. The summed E-state index contributed by atoms with van der Waals surface area (Å²) in [6.45, 7) is 0.170. The number of halogens is 3. The van der Waals surface area contributed by atoms with Crippen LogP contribution in [0.4, 0.5) is 18.9 Å². The van der Waals surface area contributed by atoms with Gasteiger partial charge in [-0.25, -0.2) is 0 Å². The first-order valence-corrected chi connectivity index (χ1v) is 7.78. The number of carbonyl (C=O) groups is 2. The molecule has 0 aliphatic heterocycles. The summed E-state index contributed by atoms with van der Waals surface area (Å²) >= 11 is 0. The second-order valence-corrected chi connectivity index (χ2v) is 5.77. The van der Waals surface area contributed by atoms with Crippen molar-refractivity contribution in [2.45, 2.75) is 38.4 Å². The number of carbonyl (C=O) groups excluding carboxylic acids is 2. The molecule has 0 aromatic heterocycles. The van der Waals surface area contributed by atoms with Crippen molar-refractivity contribution in [2.75, 3.05) is 5.32 Å². The third-order valence-electron chi connectivity index (χ3n) is 3.83. The lowest BCUT2D eigenvalue weighted by Gasteiger charge is -2.09. The standard InChI is InChI=1S/C17H19F3N2O2/c18-17(19,20)16(24)22-14-7-3-6-13(10-14)11-21-15(23)9-8-12-4-1-2-5-12/h3,6-10,12H,1-2,4-5,11H2,(H,21,23)(H,22,24)/b9-8+. The van der Waals surface area contributed by atoms with Gasteiger partial charge in [0.25, 0.3) is 0 Å². The summed E-state index contributed by atoms with van der Waals surface area (Å²) in [4.78, 5) is 22.7. The molecule has 2 N–H and O–H groups in total. The molecule has 7 heteroatoms. The predicted molar refractivity (Wildman–Crippen MR) is 84.1 cm³/mol. The summed E-state index contributed by atoms with van der Waals surface area (Å²) in [6.07, 6.45) is 3.05. The fourth-order valence-corrected chi connectivity index (χ4v) is 2.58. The maximum Gasteiger partial charge on any atom is 0.471 e. The first-order chi connectivity index (χ1) is 11.3. The van der Waals surface area contributed by atoms with Crippen molar-refractivity contribution in [3.63, 3.8) is 0 Å². The number of rotatable bonds is 5. The number of benzene rings is 1. The molecule has 0 bridgehead atoms. The minimum absolute atomic E-state index is 0.0329. The van der Waals surface area contributed by atoms with E-state index in [9.17, 15) is 22.8 Å². The Bertz CT molecular complexity index is 621. The first kappa shape index (κ1) is 18.0. The Hall–Kier alpha value is -2.31. The lowest BCUT2D eigenvalue weighted by molar-refractivity contribution is -0.167. The average molecular weight is 340 g/mol. The Kier molecular flexibility index (Phi) is 6.00. The predicted octanol–water partition coefficient (Wildman–Crippen LogP) is 3.55. The van der Waals surface area contributed by atoms with Crippen molar-refractivity contribution in [1.82, 2.24) is 5.32 Å². The van der Waals surface area contributed by atoms with Crippen molar-refractivity contribution in [3.8, 4) is 0 Å². The van der Waals surface area contributed by atoms with Gasteiger partial charge in [0, 0.05) is 12.2 Å². The molecule has 0 radical (unpaired) electrons. The van der Waals surface area contributed by atoms with Gasteiger partial charge in [-0.3, -0.25) is 9.59 Å². The largest absolute Gasteiger partial charge is 0.471 e. The van der Waals surface area contributed by atoms with E-state index in [0.717, 1.165) is 12.8 Å². The third-order valence-corrected chi connectivity index (χ3v) is 3.83. The van der Waals surface area contributed by atoms with E-state index in [4.69, 9.17) is 0 Å². The highest BCUT2D eigenvalue weighted by Crippen LogP contribution is 2.25. The van der Waals surface area contributed by atoms with Crippen LogP contribution >= 0.6 is 0 Å². The molecule has 130 valence electrons. The van der Waals surface area contributed by atoms with Crippen LogP contribution in [0.3, 0.4) is 0 Å². The average Bonchev–Trinajstić information content (AvgIpc) is 3.04. The summed E-state index contributed by atoms with van der Waals surface area (Å²) < 4.78 is 36.7. The van der Waals surface area contributed by atoms with Crippen LogP contribution in [-0.2, 0) is 16.1 Å². The van der Waals surface area contributed by atoms with E-state index in [2.05, 4.69) is 5.32 Å². The quantitative estimate of drug-likeness (QED) is 0.806. The van der Waals surface area contributed by atoms with E-state index in [1.54, 1.807) is 11.4 Å². The van der Waals surface area contributed by atoms with Gasteiger partial charge in [-0.15, -0.1) is 0 Å². The highest BCUT2D eigenvalue weighted by Gasteiger charge is 2.38. The molecule has 1 aliphatic rings. The molecule has 1 saturated carbocycles. The number of hydrogen-bond donors (Lipinski definition) is 2. The van der Waals surface area contributed by atoms with Crippen LogP contribution in [0.25, 0.3) is 0 Å². The monoisotopic (exact) mass is 340 g/mol. The van der Waals surface area contributed by atoms with Gasteiger partial charge in [-0.1, -0.05) is 31.1 Å². The Labute approximate surface area is 138 Å². The zero-order valence-electron chi connectivity index (χ0n) is 13.0. The van der Waals surface area contributed by atoms with Gasteiger partial charge < -0.3 is 10.6 Å². The van der Waals surface area contributed by atoms with Crippen LogP contribution in [0.15, 0.2) is 36.4 Å². The van der Waals surface area contributed by atoms with E-state index in [0.29, 0.717) is 11.5 Å². The lowest BCUT2D eigenvalue weighted by atomic mass is 10.1. The smallest absolute Gasteiger partial charge is 0.348 e. The fraction of sp³-hybridized carbons (Fsp3) is 0.412. The van der Waals surface area contributed by atoms with Gasteiger partial charge in [0.1, 0.15) is 0 Å². The Morgan fingerprint density at radius 2 is 1.92 bits per heavy atom. The SMILES string of the molecule is O=C(/C=C/C1CCCC1)NCc1cccc(NC(=O)C(F)(F)F)c1. The van der Waals surface area contributed by atoms with Crippen LogP contribution < -0.4 is 10.6 Å². The maximum atomic E-state index is 12.2. The van der Waals surface area contributed by atoms with Crippen LogP contribution in [0, 0.1) is 5.92 Å². The third kappa shape index (κ3) is 5.72. The van der Waals surface area contributed by atoms with Gasteiger partial charge >= 0.3 is 12.1 Å². The molecule has 1 aliphatic carbocycles. The Morgan fingerprint density at radius 1 is 1.21 bits per heavy atom. The Balaban J connectivity index is 1.85. The molecule has 1 fully saturated rings. The van der Waals surface area contributed by atoms with E-state index >= 15 is 0 Å². The summed E-state index contributed by atoms with van der Waals surface area (Å²) in [7, 11) is 0. The number of nitrogens with one attached hydrogen (secondary N) is 2. The van der Waals surface area contributed by atoms with Gasteiger partial charge in [0.2, 0.25) is 5.91 Å². The molecule has 0 spiro atoms. The zero-order valence-corrected chi connectivity index (χ0v) is 13.0. The number of hydrogen-bond acceptors (Lipinski definition) is 2. The van der Waals surface area contributed by atoms with E-state index in [-0.39, 0.29) is 18.1 Å². The van der Waals surface area contributed by atoms with E-state index in [1.165, 1.54) is 37.1 Å². The summed E-state index contributed by atoms with van der Waals surface area (Å²) in [5, 5.41) is 4.45. The molecule has 0 atom stereocenters. The van der Waals surface area contributed by atoms with Gasteiger partial charge in [-0.2, -0.15) is 13.2 Å². The number of allylic oxidation sites excluding steroid dienone is 1. The summed E-state index contributed by atoms with van der Waals surface area (Å²) in [5.41, 5.74) is 0.628. The molecule has 0 heterocycles. The molecule has 24 heavy (non-hydrogen) atoms. The molecule has 0 unspecified atom stereocenters. The van der Waals surface area contributed by atoms with Crippen molar-refractivity contribution in [2.24, 2.45) is 5.92 Å². The molecule has 2 rings (SSSR count). The molecule has 1 aromatic rings. The van der Waals surface area contributed by atoms with Gasteiger partial charge in [0.15, 0.2) is 0 Å². The van der Waals surface area contributed by atoms with E-state index in [1.807, 2.05) is 6.08 Å². The molecular weight excluding hydrogens is 321 g/mol. The molecule has 4 nitrogen and oxygen atoms in total. The number of anilines is 1. The zero-order chi connectivity index (χ0) is 17.6. The van der Waals surface area contributed by atoms with Crippen molar-refractivity contribution in [1.29, 1.82) is 0 Å². The Morgan fingerprint density at radius 3 is 2.58 bits per heavy atom. The summed E-state index contributed by atoms with van der Waals surface area (Å²) in [5.74, 6) is -1.81. The maximum absolute atomic E-state index is 12.2. The van der Waals surface area contributed by atoms with Crippen molar-refractivity contribution in [3.05, 3.63) is 42.0 Å². The van der Waals surface area contributed by atoms with Gasteiger partial charge in [0.05, 0.1) is 0 Å². The van der Waals surface area contributed by atoms with Gasteiger partial charge in [-0.05, 0) is 42.5 Å². The van der Waals surface area contributed by atoms with Crippen molar-refractivity contribution >= 4 is 17.5 Å². The molecule has 2 amide bonds. The molecule has 0 saturated heterocycles. The minimum atomic E-state index is -4.94. The second kappa shape index (κ2) is 7.99. The van der Waals surface area contributed by atoms with Crippen molar-refractivity contribution < 1.29 is 22.8 Å². The summed E-state index contributed by atoms with van der Waals surface area (Å²) in [6, 6.07) is 5.92. The van der Waals surface area contributed by atoms with E-state index < -0.39 is 12.1 Å². The van der Waals surface area contributed by atoms with Crippen LogP contribution in [0.1, 0.15) is 31.2 Å². The first-order valence-electron chi connectivity index (χ1n) is 7.78. The van der Waals surface area contributed by atoms with Crippen LogP contribution in [0.2, 0.25) is 0 Å². The van der Waals surface area contributed by atoms with Crippen LogP contribution in [-0.4, -0.2) is 18.0 Å². The number of amides is 2. The highest BCUT2D eigenvalue weighted by molar-refractivity contribution is 5.95. The second-order valence-electron chi connectivity index (χ2n) is 5.77. The number of alkyl halides is 3. The van der Waals surface area contributed by atoms with Crippen LogP contribution in [0.5, 0.6) is 0 Å². The minimum Gasteiger partial charge on any atom is -0.348 e. The topological polar surface area (TPSA) is 58.2 Å². The highest BCUT2D eigenvalue weighted by atomic mass is 19.4. The lowest BCUT2D eigenvalue weighted by Crippen LogP contribution is -2.30. The molecule has 1 aromatic carbocycles. The molecular formula is C17H19F3N2O2.